The van der Waals surface area contributed by atoms with Crippen molar-refractivity contribution in [3.8, 4) is 0 Å². The summed E-state index contributed by atoms with van der Waals surface area (Å²) in [6.45, 7) is 6.03. The van der Waals surface area contributed by atoms with E-state index < -0.39 is 5.25 Å². The summed E-state index contributed by atoms with van der Waals surface area (Å²) in [4.78, 5) is 29.8. The normalized spacial score (nSPS) is 19.1. The number of benzene rings is 3. The minimum atomic E-state index is -0.631. The topological polar surface area (TPSA) is 74.1 Å². The fraction of sp³-hybridized carbons (Fsp3) is 0.241. The van der Waals surface area contributed by atoms with Crippen molar-refractivity contribution in [3.63, 3.8) is 0 Å². The molecule has 37 heavy (non-hydrogen) atoms. The van der Waals surface area contributed by atoms with Crippen LogP contribution in [0.15, 0.2) is 76.8 Å². The molecule has 0 aromatic heterocycles. The molecule has 2 atom stereocenters. The lowest BCUT2D eigenvalue weighted by atomic mass is 9.98. The van der Waals surface area contributed by atoms with Crippen LogP contribution in [-0.4, -0.2) is 33.0 Å². The van der Waals surface area contributed by atoms with Crippen molar-refractivity contribution in [1.82, 2.24) is 5.01 Å². The molecule has 5 rings (SSSR count). The predicted octanol–water partition coefficient (Wildman–Crippen LogP) is 5.93. The molecule has 0 aliphatic carbocycles. The van der Waals surface area contributed by atoms with Gasteiger partial charge in [-0.25, -0.2) is 9.40 Å². The Balaban J connectivity index is 1.34. The van der Waals surface area contributed by atoms with Gasteiger partial charge in [-0.1, -0.05) is 59.8 Å². The first-order chi connectivity index (χ1) is 17.8. The first-order valence-corrected chi connectivity index (χ1v) is 13.0. The highest BCUT2D eigenvalue weighted by Crippen LogP contribution is 2.38. The van der Waals surface area contributed by atoms with Gasteiger partial charge in [0.2, 0.25) is 5.91 Å². The number of carbonyl (C=O) groups is 2. The summed E-state index contributed by atoms with van der Waals surface area (Å²) in [6.07, 6.45) is 0.591. The zero-order chi connectivity index (χ0) is 26.1. The van der Waals surface area contributed by atoms with Crippen molar-refractivity contribution in [1.29, 1.82) is 0 Å². The maximum atomic E-state index is 13.6. The van der Waals surface area contributed by atoms with E-state index in [0.29, 0.717) is 17.3 Å². The van der Waals surface area contributed by atoms with Gasteiger partial charge in [0.1, 0.15) is 11.1 Å². The molecule has 0 fully saturated rings. The highest BCUT2D eigenvalue weighted by Gasteiger charge is 2.39. The van der Waals surface area contributed by atoms with E-state index in [4.69, 9.17) is 5.10 Å². The molecule has 0 saturated heterocycles. The van der Waals surface area contributed by atoms with Gasteiger partial charge in [-0.2, -0.15) is 10.1 Å². The van der Waals surface area contributed by atoms with Crippen LogP contribution < -0.4 is 5.32 Å². The number of amides is 2. The van der Waals surface area contributed by atoms with Gasteiger partial charge >= 0.3 is 0 Å². The molecular formula is C29H27FN4O2S. The first-order valence-electron chi connectivity index (χ1n) is 12.1. The maximum Gasteiger partial charge on any atom is 0.262 e. The summed E-state index contributed by atoms with van der Waals surface area (Å²) in [5.41, 5.74) is 6.80. The summed E-state index contributed by atoms with van der Waals surface area (Å²) in [7, 11) is 0. The second-order valence-electron chi connectivity index (χ2n) is 9.42. The molecule has 0 radical (unpaired) electrons. The molecule has 1 N–H and O–H groups in total. The Kier molecular flexibility index (Phi) is 6.93. The summed E-state index contributed by atoms with van der Waals surface area (Å²) < 4.78 is 13.6. The fourth-order valence-electron chi connectivity index (χ4n) is 4.36. The SMILES string of the molecule is Cc1ccc(C2=NN(C3=NC(=O)[C@@H](CC(=O)Nc4ccc(C)c(C)c4)S3)[C@@H](c3ccc(F)cc3)C2)cc1. The van der Waals surface area contributed by atoms with E-state index in [1.54, 1.807) is 17.1 Å². The Morgan fingerprint density at radius 3 is 2.46 bits per heavy atom. The number of halogens is 1. The van der Waals surface area contributed by atoms with Crippen LogP contribution in [0.4, 0.5) is 10.1 Å². The lowest BCUT2D eigenvalue weighted by Gasteiger charge is -2.23. The summed E-state index contributed by atoms with van der Waals surface area (Å²) in [5.74, 6) is -0.913. The second kappa shape index (κ2) is 10.3. The van der Waals surface area contributed by atoms with Gasteiger partial charge in [0.25, 0.3) is 5.91 Å². The number of aryl methyl sites for hydroxylation is 3. The standard InChI is InChI=1S/C29H27FN4O2S/c1-17-4-7-20(8-5-17)24-15-25(21-9-11-22(30)12-10-21)34(33-24)29-32-28(36)26(37-29)16-27(35)31-23-13-6-18(2)19(3)14-23/h4-14,25-26H,15-16H2,1-3H3,(H,31,35)/t25-,26-/m1/s1. The molecule has 2 amide bonds. The monoisotopic (exact) mass is 514 g/mol. The number of aliphatic imine (C=N–C) groups is 1. The molecule has 188 valence electrons. The Morgan fingerprint density at radius 1 is 1.03 bits per heavy atom. The van der Waals surface area contributed by atoms with Gasteiger partial charge in [0, 0.05) is 18.5 Å². The first kappa shape index (κ1) is 24.9. The van der Waals surface area contributed by atoms with Crippen LogP contribution in [0.2, 0.25) is 0 Å². The number of nitrogens with one attached hydrogen (secondary N) is 1. The fourth-order valence-corrected chi connectivity index (χ4v) is 5.42. The van der Waals surface area contributed by atoms with Crippen LogP contribution in [0.25, 0.3) is 0 Å². The van der Waals surface area contributed by atoms with E-state index in [1.165, 1.54) is 23.9 Å². The van der Waals surface area contributed by atoms with Gasteiger partial charge < -0.3 is 5.32 Å². The third-order valence-corrected chi connectivity index (χ3v) is 7.78. The number of hydrogen-bond acceptors (Lipinski definition) is 5. The number of nitrogens with zero attached hydrogens (tertiary/aromatic N) is 3. The van der Waals surface area contributed by atoms with Crippen molar-refractivity contribution < 1.29 is 14.0 Å². The molecule has 3 aromatic rings. The minimum absolute atomic E-state index is 0.00696. The van der Waals surface area contributed by atoms with Crippen molar-refractivity contribution in [2.45, 2.75) is 44.9 Å². The molecule has 0 unspecified atom stereocenters. The maximum absolute atomic E-state index is 13.6. The van der Waals surface area contributed by atoms with Gasteiger partial charge in [0.05, 0.1) is 11.8 Å². The zero-order valence-corrected chi connectivity index (χ0v) is 21.7. The van der Waals surface area contributed by atoms with Crippen LogP contribution in [0.3, 0.4) is 0 Å². The van der Waals surface area contributed by atoms with Crippen LogP contribution in [0.5, 0.6) is 0 Å². The Morgan fingerprint density at radius 2 is 1.76 bits per heavy atom. The lowest BCUT2D eigenvalue weighted by Crippen LogP contribution is -2.25. The molecule has 0 saturated carbocycles. The largest absolute Gasteiger partial charge is 0.326 e. The molecular weight excluding hydrogens is 487 g/mol. The van der Waals surface area contributed by atoms with E-state index in [2.05, 4.69) is 10.3 Å². The van der Waals surface area contributed by atoms with Crippen molar-refractivity contribution in [3.05, 3.63) is 100 Å². The lowest BCUT2D eigenvalue weighted by molar-refractivity contribution is -0.121. The molecule has 0 bridgehead atoms. The predicted molar refractivity (Wildman–Crippen MR) is 146 cm³/mol. The van der Waals surface area contributed by atoms with Gasteiger partial charge in [-0.15, -0.1) is 0 Å². The molecule has 3 aromatic carbocycles. The van der Waals surface area contributed by atoms with E-state index >= 15 is 0 Å². The molecule has 0 spiro atoms. The van der Waals surface area contributed by atoms with E-state index in [1.807, 2.05) is 63.2 Å². The number of thioether (sulfide) groups is 1. The van der Waals surface area contributed by atoms with Crippen LogP contribution >= 0.6 is 11.8 Å². The minimum Gasteiger partial charge on any atom is -0.326 e. The second-order valence-corrected chi connectivity index (χ2v) is 10.6. The third-order valence-electron chi connectivity index (χ3n) is 6.64. The highest BCUT2D eigenvalue weighted by atomic mass is 32.2. The number of rotatable bonds is 5. The van der Waals surface area contributed by atoms with Crippen molar-refractivity contribution in [2.24, 2.45) is 10.1 Å². The molecule has 8 heteroatoms. The van der Waals surface area contributed by atoms with Crippen molar-refractivity contribution >= 4 is 40.1 Å². The quantitative estimate of drug-likeness (QED) is 0.458. The van der Waals surface area contributed by atoms with E-state index in [0.717, 1.165) is 33.5 Å². The van der Waals surface area contributed by atoms with E-state index in [9.17, 15) is 14.0 Å². The average Bonchev–Trinajstić information content (AvgIpc) is 3.46. The molecule has 6 nitrogen and oxygen atoms in total. The highest BCUT2D eigenvalue weighted by molar-refractivity contribution is 8.15. The smallest absolute Gasteiger partial charge is 0.262 e. The van der Waals surface area contributed by atoms with Crippen molar-refractivity contribution in [2.75, 3.05) is 5.32 Å². The summed E-state index contributed by atoms with van der Waals surface area (Å²) in [5, 5.41) is 9.28. The summed E-state index contributed by atoms with van der Waals surface area (Å²) in [6, 6.07) is 19.9. The third kappa shape index (κ3) is 5.49. The van der Waals surface area contributed by atoms with Crippen LogP contribution in [0, 0.1) is 26.6 Å². The summed E-state index contributed by atoms with van der Waals surface area (Å²) >= 11 is 1.25. The van der Waals surface area contributed by atoms with Gasteiger partial charge in [0.15, 0.2) is 5.17 Å². The molecule has 2 aliphatic heterocycles. The van der Waals surface area contributed by atoms with Gasteiger partial charge in [-0.05, 0) is 67.3 Å². The Bertz CT molecular complexity index is 1420. The van der Waals surface area contributed by atoms with E-state index in [-0.39, 0.29) is 30.1 Å². The Hall–Kier alpha value is -3.78. The molecule has 2 heterocycles. The Labute approximate surface area is 219 Å². The van der Waals surface area contributed by atoms with Gasteiger partial charge in [-0.3, -0.25) is 9.59 Å². The average molecular weight is 515 g/mol. The van der Waals surface area contributed by atoms with Crippen LogP contribution in [0.1, 0.15) is 46.7 Å². The number of hydrogen-bond donors (Lipinski definition) is 1. The number of hydrazone groups is 1. The zero-order valence-electron chi connectivity index (χ0n) is 20.9. The number of carbonyl (C=O) groups excluding carboxylic acids is 2. The number of amidine groups is 1. The van der Waals surface area contributed by atoms with Crippen LogP contribution in [-0.2, 0) is 9.59 Å². The number of anilines is 1. The molecule has 2 aliphatic rings.